The Bertz CT molecular complexity index is 394. The molecular formula is C16H26N2O. The van der Waals surface area contributed by atoms with Gasteiger partial charge in [0.25, 0.3) is 0 Å². The Labute approximate surface area is 116 Å². The Kier molecular flexibility index (Phi) is 5.23. The van der Waals surface area contributed by atoms with Crippen molar-refractivity contribution in [1.82, 2.24) is 4.90 Å². The van der Waals surface area contributed by atoms with Crippen LogP contribution < -0.4 is 10.5 Å². The predicted molar refractivity (Wildman–Crippen MR) is 79.5 cm³/mol. The minimum atomic E-state index is 0.265. The molecule has 1 aromatic carbocycles. The zero-order valence-corrected chi connectivity index (χ0v) is 12.1. The van der Waals surface area contributed by atoms with E-state index in [-0.39, 0.29) is 6.10 Å². The summed E-state index contributed by atoms with van der Waals surface area (Å²) >= 11 is 0. The highest BCUT2D eigenvalue weighted by Gasteiger charge is 2.24. The van der Waals surface area contributed by atoms with E-state index in [1.54, 1.807) is 0 Å². The first-order chi connectivity index (χ1) is 9.20. The van der Waals surface area contributed by atoms with Gasteiger partial charge in [0, 0.05) is 12.5 Å². The highest BCUT2D eigenvalue weighted by Crippen LogP contribution is 2.25. The summed E-state index contributed by atoms with van der Waals surface area (Å²) in [5.41, 5.74) is 6.88. The van der Waals surface area contributed by atoms with Crippen molar-refractivity contribution >= 4 is 0 Å². The maximum atomic E-state index is 6.20. The second-order valence-corrected chi connectivity index (χ2v) is 5.63. The number of rotatable bonds is 5. The molecule has 0 saturated carbocycles. The molecule has 0 aliphatic carbocycles. The van der Waals surface area contributed by atoms with Crippen LogP contribution >= 0.6 is 0 Å². The Morgan fingerprint density at radius 1 is 1.42 bits per heavy atom. The molecule has 2 N–H and O–H groups in total. The van der Waals surface area contributed by atoms with Gasteiger partial charge in [-0.25, -0.2) is 0 Å². The third-order valence-electron chi connectivity index (χ3n) is 4.02. The van der Waals surface area contributed by atoms with Crippen molar-refractivity contribution in [3.8, 4) is 5.75 Å². The lowest BCUT2D eigenvalue weighted by Crippen LogP contribution is -2.39. The van der Waals surface area contributed by atoms with Crippen molar-refractivity contribution in [1.29, 1.82) is 0 Å². The van der Waals surface area contributed by atoms with Gasteiger partial charge in [-0.2, -0.15) is 0 Å². The molecule has 106 valence electrons. The lowest BCUT2D eigenvalue weighted by Gasteiger charge is -2.33. The number of nitrogens with two attached hydrogens (primary N) is 1. The third kappa shape index (κ3) is 3.95. The monoisotopic (exact) mass is 262 g/mol. The van der Waals surface area contributed by atoms with E-state index < -0.39 is 0 Å². The minimum absolute atomic E-state index is 0.265. The first-order valence-electron chi connectivity index (χ1n) is 7.34. The molecule has 1 aliphatic rings. The first kappa shape index (κ1) is 14.4. The summed E-state index contributed by atoms with van der Waals surface area (Å²) in [5, 5.41) is 0. The molecule has 1 aromatic rings. The van der Waals surface area contributed by atoms with E-state index in [0.717, 1.165) is 18.7 Å². The number of ether oxygens (including phenoxy) is 1. The Morgan fingerprint density at radius 3 is 2.95 bits per heavy atom. The average molecular weight is 262 g/mol. The summed E-state index contributed by atoms with van der Waals surface area (Å²) in [5.74, 6) is 1.64. The van der Waals surface area contributed by atoms with Gasteiger partial charge in [0.05, 0.1) is 6.10 Å². The summed E-state index contributed by atoms with van der Waals surface area (Å²) in [7, 11) is 2.20. The Morgan fingerprint density at radius 2 is 2.21 bits per heavy atom. The molecule has 1 heterocycles. The number of hydrogen-bond donors (Lipinski definition) is 1. The van der Waals surface area contributed by atoms with Crippen molar-refractivity contribution < 1.29 is 4.74 Å². The molecule has 1 saturated heterocycles. The van der Waals surface area contributed by atoms with Crippen LogP contribution in [0.4, 0.5) is 0 Å². The molecule has 0 bridgehead atoms. The molecule has 1 aliphatic heterocycles. The molecule has 1 fully saturated rings. The summed E-state index contributed by atoms with van der Waals surface area (Å²) in [6, 6.07) is 8.27. The predicted octanol–water partition coefficient (Wildman–Crippen LogP) is 2.30. The van der Waals surface area contributed by atoms with Crippen molar-refractivity contribution in [3.63, 3.8) is 0 Å². The zero-order valence-electron chi connectivity index (χ0n) is 12.1. The molecule has 3 heteroatoms. The highest BCUT2D eigenvalue weighted by molar-refractivity contribution is 5.33. The summed E-state index contributed by atoms with van der Waals surface area (Å²) in [6.45, 7) is 5.22. The zero-order chi connectivity index (χ0) is 13.7. The van der Waals surface area contributed by atoms with Crippen LogP contribution in [0.2, 0.25) is 0 Å². The van der Waals surface area contributed by atoms with Crippen molar-refractivity contribution in [2.24, 2.45) is 11.7 Å². The number of piperidine rings is 1. The van der Waals surface area contributed by atoms with Crippen molar-refractivity contribution in [2.45, 2.75) is 32.3 Å². The van der Waals surface area contributed by atoms with Gasteiger partial charge in [-0.15, -0.1) is 0 Å². The van der Waals surface area contributed by atoms with Crippen LogP contribution in [-0.4, -0.2) is 37.7 Å². The molecular weight excluding hydrogens is 236 g/mol. The number of nitrogens with zero attached hydrogens (tertiary/aromatic N) is 1. The van der Waals surface area contributed by atoms with Crippen LogP contribution in [0, 0.1) is 5.92 Å². The van der Waals surface area contributed by atoms with E-state index in [2.05, 4.69) is 37.1 Å². The fourth-order valence-electron chi connectivity index (χ4n) is 2.87. The van der Waals surface area contributed by atoms with Gasteiger partial charge < -0.3 is 15.4 Å². The SMILES string of the molecule is CC(Oc1ccccc1CCN)C1CCCN(C)C1. The summed E-state index contributed by atoms with van der Waals surface area (Å²) in [6.07, 6.45) is 3.69. The normalized spacial score (nSPS) is 22.2. The van der Waals surface area contributed by atoms with E-state index >= 15 is 0 Å². The lowest BCUT2D eigenvalue weighted by molar-refractivity contribution is 0.0894. The lowest BCUT2D eigenvalue weighted by atomic mass is 9.93. The average Bonchev–Trinajstić information content (AvgIpc) is 2.41. The number of hydrogen-bond acceptors (Lipinski definition) is 3. The molecule has 2 unspecified atom stereocenters. The van der Waals surface area contributed by atoms with Crippen molar-refractivity contribution in [2.75, 3.05) is 26.7 Å². The highest BCUT2D eigenvalue weighted by atomic mass is 16.5. The fourth-order valence-corrected chi connectivity index (χ4v) is 2.87. The smallest absolute Gasteiger partial charge is 0.122 e. The second-order valence-electron chi connectivity index (χ2n) is 5.63. The summed E-state index contributed by atoms with van der Waals surface area (Å²) < 4.78 is 6.20. The topological polar surface area (TPSA) is 38.5 Å². The molecule has 0 spiro atoms. The molecule has 0 amide bonds. The van der Waals surface area contributed by atoms with Gasteiger partial charge in [0.1, 0.15) is 5.75 Å². The van der Waals surface area contributed by atoms with E-state index in [1.165, 1.54) is 24.9 Å². The number of benzene rings is 1. The van der Waals surface area contributed by atoms with Crippen LogP contribution in [0.15, 0.2) is 24.3 Å². The van der Waals surface area contributed by atoms with Gasteiger partial charge in [-0.1, -0.05) is 18.2 Å². The second kappa shape index (κ2) is 6.92. The quantitative estimate of drug-likeness (QED) is 0.885. The van der Waals surface area contributed by atoms with Crippen LogP contribution in [0.5, 0.6) is 5.75 Å². The van der Waals surface area contributed by atoms with Crippen LogP contribution in [-0.2, 0) is 6.42 Å². The maximum absolute atomic E-state index is 6.20. The molecule has 0 aromatic heterocycles. The van der Waals surface area contributed by atoms with E-state index in [0.29, 0.717) is 12.5 Å². The van der Waals surface area contributed by atoms with Crippen LogP contribution in [0.3, 0.4) is 0 Å². The molecule has 19 heavy (non-hydrogen) atoms. The maximum Gasteiger partial charge on any atom is 0.122 e. The third-order valence-corrected chi connectivity index (χ3v) is 4.02. The van der Waals surface area contributed by atoms with Crippen LogP contribution in [0.1, 0.15) is 25.3 Å². The fraction of sp³-hybridized carbons (Fsp3) is 0.625. The number of para-hydroxylation sites is 1. The van der Waals surface area contributed by atoms with Gasteiger partial charge >= 0.3 is 0 Å². The minimum Gasteiger partial charge on any atom is -0.490 e. The van der Waals surface area contributed by atoms with E-state index in [1.807, 2.05) is 6.07 Å². The number of likely N-dealkylation sites (tertiary alicyclic amines) is 1. The van der Waals surface area contributed by atoms with E-state index in [4.69, 9.17) is 10.5 Å². The Balaban J connectivity index is 1.99. The van der Waals surface area contributed by atoms with Crippen LogP contribution in [0.25, 0.3) is 0 Å². The van der Waals surface area contributed by atoms with Gasteiger partial charge in [0.15, 0.2) is 0 Å². The summed E-state index contributed by atoms with van der Waals surface area (Å²) in [4.78, 5) is 2.40. The Hall–Kier alpha value is -1.06. The van der Waals surface area contributed by atoms with E-state index in [9.17, 15) is 0 Å². The molecule has 0 radical (unpaired) electrons. The van der Waals surface area contributed by atoms with Gasteiger partial charge in [-0.3, -0.25) is 0 Å². The first-order valence-corrected chi connectivity index (χ1v) is 7.34. The largest absolute Gasteiger partial charge is 0.490 e. The van der Waals surface area contributed by atoms with Crippen molar-refractivity contribution in [3.05, 3.63) is 29.8 Å². The van der Waals surface area contributed by atoms with Gasteiger partial charge in [-0.05, 0) is 58.0 Å². The molecule has 2 rings (SSSR count). The van der Waals surface area contributed by atoms with Gasteiger partial charge in [0.2, 0.25) is 0 Å². The molecule has 2 atom stereocenters. The standard InChI is InChI=1S/C16H26N2O/c1-13(15-7-5-11-18(2)12-15)19-16-8-4-3-6-14(16)9-10-17/h3-4,6,8,13,15H,5,7,9-12,17H2,1-2H3. The molecule has 3 nitrogen and oxygen atoms in total.